The number of thioether (sulfide) groups is 1. The molecule has 1 aliphatic carbocycles. The van der Waals surface area contributed by atoms with Gasteiger partial charge >= 0.3 is 0 Å². The number of rotatable bonds is 2. The molecule has 1 atom stereocenters. The zero-order valence-corrected chi connectivity index (χ0v) is 12.4. The Morgan fingerprint density at radius 3 is 2.89 bits per heavy atom. The zero-order valence-electron chi connectivity index (χ0n) is 10.8. The van der Waals surface area contributed by atoms with Crippen LogP contribution in [0.5, 0.6) is 0 Å². The summed E-state index contributed by atoms with van der Waals surface area (Å²) in [6.07, 6.45) is 4.36. The van der Waals surface area contributed by atoms with E-state index in [0.717, 1.165) is 37.9 Å². The van der Waals surface area contributed by atoms with Gasteiger partial charge in [-0.3, -0.25) is 4.79 Å². The molecule has 2 heterocycles. The number of nitrogens with one attached hydrogen (secondary N) is 1. The predicted octanol–water partition coefficient (Wildman–Crippen LogP) is 2.50. The highest BCUT2D eigenvalue weighted by Gasteiger charge is 2.30. The first-order valence-electron chi connectivity index (χ1n) is 6.90. The first kappa shape index (κ1) is 13.5. The molecule has 19 heavy (non-hydrogen) atoms. The molecule has 1 aromatic heterocycles. The average Bonchev–Trinajstić information content (AvgIpc) is 2.89. The molecule has 2 aliphatic rings. The molecule has 1 aliphatic heterocycles. The van der Waals surface area contributed by atoms with Gasteiger partial charge in [-0.05, 0) is 54.9 Å². The van der Waals surface area contributed by atoms with Gasteiger partial charge < -0.3 is 10.4 Å². The van der Waals surface area contributed by atoms with E-state index in [1.807, 2.05) is 0 Å². The number of carbonyl (C=O) groups excluding carboxylic acids is 1. The third-order valence-electron chi connectivity index (χ3n) is 3.96. The first-order valence-corrected chi connectivity index (χ1v) is 8.83. The second-order valence-corrected chi connectivity index (χ2v) is 7.53. The van der Waals surface area contributed by atoms with Crippen molar-refractivity contribution in [1.82, 2.24) is 5.32 Å². The smallest absolute Gasteiger partial charge is 0.237 e. The zero-order chi connectivity index (χ0) is 13.2. The van der Waals surface area contributed by atoms with Crippen molar-refractivity contribution in [3.8, 4) is 0 Å². The summed E-state index contributed by atoms with van der Waals surface area (Å²) < 4.78 is 0. The molecule has 0 aromatic carbocycles. The van der Waals surface area contributed by atoms with Crippen LogP contribution in [0.4, 0.5) is 0 Å². The normalized spacial score (nSPS) is 30.7. The summed E-state index contributed by atoms with van der Waals surface area (Å²) in [5.74, 6) is 1.19. The van der Waals surface area contributed by atoms with E-state index in [0.29, 0.717) is 0 Å². The molecule has 5 heteroatoms. The molecule has 2 N–H and O–H groups in total. The van der Waals surface area contributed by atoms with Crippen molar-refractivity contribution in [1.29, 1.82) is 0 Å². The van der Waals surface area contributed by atoms with Crippen LogP contribution in [-0.4, -0.2) is 28.9 Å². The lowest BCUT2D eigenvalue weighted by Crippen LogP contribution is -2.40. The van der Waals surface area contributed by atoms with E-state index in [1.54, 1.807) is 23.1 Å². The van der Waals surface area contributed by atoms with E-state index >= 15 is 0 Å². The van der Waals surface area contributed by atoms with Gasteiger partial charge in [0.1, 0.15) is 5.25 Å². The lowest BCUT2D eigenvalue weighted by molar-refractivity contribution is -0.121. The number of aryl methyl sites for hydroxylation is 1. The van der Waals surface area contributed by atoms with Gasteiger partial charge in [-0.25, -0.2) is 0 Å². The van der Waals surface area contributed by atoms with Gasteiger partial charge in [0.15, 0.2) is 0 Å². The summed E-state index contributed by atoms with van der Waals surface area (Å²) in [5, 5.41) is 14.7. The Morgan fingerprint density at radius 1 is 1.32 bits per heavy atom. The van der Waals surface area contributed by atoms with Crippen LogP contribution in [0.2, 0.25) is 0 Å². The van der Waals surface area contributed by atoms with Gasteiger partial charge in [-0.15, -0.1) is 23.1 Å². The molecule has 0 spiro atoms. The highest BCUT2D eigenvalue weighted by molar-refractivity contribution is 8.00. The molecule has 1 amide bonds. The van der Waals surface area contributed by atoms with Crippen LogP contribution < -0.4 is 5.32 Å². The molecule has 1 unspecified atom stereocenters. The van der Waals surface area contributed by atoms with E-state index < -0.39 is 0 Å². The predicted molar refractivity (Wildman–Crippen MR) is 79.6 cm³/mol. The van der Waals surface area contributed by atoms with Gasteiger partial charge in [0.05, 0.1) is 6.10 Å². The van der Waals surface area contributed by atoms with Crippen LogP contribution in [0.1, 0.15) is 41.4 Å². The summed E-state index contributed by atoms with van der Waals surface area (Å²) in [7, 11) is 0. The summed E-state index contributed by atoms with van der Waals surface area (Å²) in [5.41, 5.74) is 1.22. The summed E-state index contributed by atoms with van der Waals surface area (Å²) in [4.78, 5) is 13.8. The molecule has 1 fully saturated rings. The molecule has 1 saturated carbocycles. The molecular weight excluding hydrogens is 278 g/mol. The lowest BCUT2D eigenvalue weighted by Gasteiger charge is -2.29. The average molecular weight is 297 g/mol. The van der Waals surface area contributed by atoms with Crippen molar-refractivity contribution in [2.75, 3.05) is 5.75 Å². The van der Waals surface area contributed by atoms with E-state index in [-0.39, 0.29) is 23.3 Å². The maximum absolute atomic E-state index is 12.4. The van der Waals surface area contributed by atoms with Crippen molar-refractivity contribution in [3.05, 3.63) is 21.9 Å². The standard InChI is InChI=1S/C14H19NO2S2/c16-10-3-1-9(2-4-10)15-14(17)13-11-5-7-18-12(11)6-8-19-13/h5,7,9-10,13,16H,1-4,6,8H2,(H,15,17). The molecular formula is C14H19NO2S2. The number of hydrogen-bond acceptors (Lipinski definition) is 4. The highest BCUT2D eigenvalue weighted by Crippen LogP contribution is 2.39. The summed E-state index contributed by atoms with van der Waals surface area (Å²) >= 11 is 3.52. The third kappa shape index (κ3) is 2.98. The van der Waals surface area contributed by atoms with Crippen LogP contribution in [0.3, 0.4) is 0 Å². The molecule has 104 valence electrons. The van der Waals surface area contributed by atoms with Gasteiger partial charge in [0, 0.05) is 10.9 Å². The van der Waals surface area contributed by atoms with Crippen molar-refractivity contribution in [2.45, 2.75) is 49.5 Å². The van der Waals surface area contributed by atoms with Crippen molar-refractivity contribution >= 4 is 29.0 Å². The Bertz CT molecular complexity index is 452. The molecule has 0 bridgehead atoms. The lowest BCUT2D eigenvalue weighted by atomic mass is 9.93. The number of aliphatic hydroxyl groups is 1. The van der Waals surface area contributed by atoms with Gasteiger partial charge in [-0.1, -0.05) is 0 Å². The third-order valence-corrected chi connectivity index (χ3v) is 6.19. The Hall–Kier alpha value is -0.520. The Kier molecular flexibility index (Phi) is 4.15. The fourth-order valence-corrected chi connectivity index (χ4v) is 5.16. The van der Waals surface area contributed by atoms with Crippen molar-refractivity contribution in [2.24, 2.45) is 0 Å². The number of thiophene rings is 1. The second kappa shape index (κ2) is 5.85. The first-order chi connectivity index (χ1) is 9.24. The van der Waals surface area contributed by atoms with Crippen molar-refractivity contribution < 1.29 is 9.90 Å². The minimum atomic E-state index is -0.166. The van der Waals surface area contributed by atoms with Gasteiger partial charge in [-0.2, -0.15) is 0 Å². The Balaban J connectivity index is 1.63. The number of amides is 1. The highest BCUT2D eigenvalue weighted by atomic mass is 32.2. The fourth-order valence-electron chi connectivity index (χ4n) is 2.86. The minimum absolute atomic E-state index is 0.0261. The fraction of sp³-hybridized carbons (Fsp3) is 0.643. The van der Waals surface area contributed by atoms with E-state index in [2.05, 4.69) is 16.8 Å². The molecule has 0 radical (unpaired) electrons. The van der Waals surface area contributed by atoms with Crippen LogP contribution in [0.25, 0.3) is 0 Å². The van der Waals surface area contributed by atoms with Gasteiger partial charge in [0.25, 0.3) is 0 Å². The molecule has 0 saturated heterocycles. The molecule has 1 aromatic rings. The SMILES string of the molecule is O=C(NC1CCC(O)CC1)C1SCCc2sccc21. The number of aliphatic hydroxyl groups excluding tert-OH is 1. The van der Waals surface area contributed by atoms with E-state index in [1.165, 1.54) is 10.4 Å². The van der Waals surface area contributed by atoms with E-state index in [4.69, 9.17) is 0 Å². The second-order valence-electron chi connectivity index (χ2n) is 5.31. The largest absolute Gasteiger partial charge is 0.393 e. The van der Waals surface area contributed by atoms with Crippen LogP contribution in [0, 0.1) is 0 Å². The van der Waals surface area contributed by atoms with Gasteiger partial charge in [0.2, 0.25) is 5.91 Å². The Labute approximate surface area is 121 Å². The summed E-state index contributed by atoms with van der Waals surface area (Å²) in [6, 6.07) is 2.35. The monoisotopic (exact) mass is 297 g/mol. The maximum Gasteiger partial charge on any atom is 0.237 e. The minimum Gasteiger partial charge on any atom is -0.393 e. The van der Waals surface area contributed by atoms with Crippen molar-refractivity contribution in [3.63, 3.8) is 0 Å². The quantitative estimate of drug-likeness (QED) is 0.882. The maximum atomic E-state index is 12.4. The molecule has 3 rings (SSSR count). The van der Waals surface area contributed by atoms with Crippen LogP contribution >= 0.6 is 23.1 Å². The molecule has 3 nitrogen and oxygen atoms in total. The van der Waals surface area contributed by atoms with E-state index in [9.17, 15) is 9.90 Å². The number of carbonyl (C=O) groups is 1. The number of hydrogen-bond donors (Lipinski definition) is 2. The van der Waals surface area contributed by atoms with Crippen LogP contribution in [0.15, 0.2) is 11.4 Å². The number of fused-ring (bicyclic) bond motifs is 1. The van der Waals surface area contributed by atoms with Crippen LogP contribution in [-0.2, 0) is 11.2 Å². The Morgan fingerprint density at radius 2 is 2.11 bits per heavy atom. The summed E-state index contributed by atoms with van der Waals surface area (Å²) in [6.45, 7) is 0. The topological polar surface area (TPSA) is 49.3 Å².